The van der Waals surface area contributed by atoms with Crippen molar-refractivity contribution in [1.29, 1.82) is 0 Å². The van der Waals surface area contributed by atoms with Crippen LogP contribution >= 0.6 is 0 Å². The highest BCUT2D eigenvalue weighted by Crippen LogP contribution is 2.27. The molecule has 5 heteroatoms. The van der Waals surface area contributed by atoms with Crippen molar-refractivity contribution in [2.75, 3.05) is 27.3 Å². The number of benzene rings is 2. The molecule has 0 spiro atoms. The Morgan fingerprint density at radius 2 is 1.60 bits per heavy atom. The molecule has 0 N–H and O–H groups in total. The highest BCUT2D eigenvalue weighted by atomic mass is 16.5. The second-order valence-corrected chi connectivity index (χ2v) is 7.99. The zero-order valence-electron chi connectivity index (χ0n) is 17.9. The Hall–Kier alpha value is -2.95. The maximum absolute atomic E-state index is 13.0. The van der Waals surface area contributed by atoms with Crippen molar-refractivity contribution >= 4 is 16.8 Å². The van der Waals surface area contributed by atoms with E-state index in [2.05, 4.69) is 22.9 Å². The molecule has 1 aliphatic heterocycles. The first-order valence-electron chi connectivity index (χ1n) is 10.7. The van der Waals surface area contributed by atoms with Gasteiger partial charge in [-0.25, -0.2) is 0 Å². The Balaban J connectivity index is 1.62. The monoisotopic (exact) mass is 406 g/mol. The highest BCUT2D eigenvalue weighted by molar-refractivity contribution is 5.89. The van der Waals surface area contributed by atoms with Gasteiger partial charge in [0, 0.05) is 42.8 Å². The summed E-state index contributed by atoms with van der Waals surface area (Å²) in [5.74, 6) is 1.79. The van der Waals surface area contributed by atoms with Crippen LogP contribution in [0.3, 0.4) is 0 Å². The molecule has 1 saturated heterocycles. The van der Waals surface area contributed by atoms with Gasteiger partial charge in [-0.05, 0) is 42.2 Å². The van der Waals surface area contributed by atoms with Gasteiger partial charge in [-0.1, -0.05) is 31.0 Å². The Bertz CT molecular complexity index is 994. The summed E-state index contributed by atoms with van der Waals surface area (Å²) in [5.41, 5.74) is 3.32. The van der Waals surface area contributed by atoms with Crippen molar-refractivity contribution < 1.29 is 14.3 Å². The van der Waals surface area contributed by atoms with E-state index in [0.29, 0.717) is 13.0 Å². The predicted molar refractivity (Wildman–Crippen MR) is 119 cm³/mol. The van der Waals surface area contributed by atoms with Gasteiger partial charge in [0.25, 0.3) is 0 Å². The molecule has 0 aliphatic carbocycles. The molecule has 0 saturated carbocycles. The first-order chi connectivity index (χ1) is 14.7. The number of hydrogen-bond donors (Lipinski definition) is 0. The van der Waals surface area contributed by atoms with Crippen molar-refractivity contribution in [1.82, 2.24) is 9.47 Å². The number of nitrogens with zero attached hydrogens (tertiary/aromatic N) is 2. The van der Waals surface area contributed by atoms with Crippen LogP contribution in [0, 0.1) is 0 Å². The summed E-state index contributed by atoms with van der Waals surface area (Å²) in [4.78, 5) is 15.0. The summed E-state index contributed by atoms with van der Waals surface area (Å²) in [7, 11) is 3.33. The summed E-state index contributed by atoms with van der Waals surface area (Å²) in [6.07, 6.45) is 7.28. The summed E-state index contributed by atoms with van der Waals surface area (Å²) < 4.78 is 13.1. The molecule has 2 aromatic carbocycles. The molecule has 0 radical (unpaired) electrons. The fourth-order valence-electron chi connectivity index (χ4n) is 4.34. The third-order valence-corrected chi connectivity index (χ3v) is 5.94. The van der Waals surface area contributed by atoms with E-state index in [4.69, 9.17) is 9.47 Å². The number of hydrogen-bond acceptors (Lipinski definition) is 3. The van der Waals surface area contributed by atoms with Crippen LogP contribution in [-0.4, -0.2) is 42.7 Å². The Kier molecular flexibility index (Phi) is 6.26. The first-order valence-corrected chi connectivity index (χ1v) is 10.7. The van der Waals surface area contributed by atoms with E-state index in [0.717, 1.165) is 59.5 Å². The quantitative estimate of drug-likeness (QED) is 0.598. The highest BCUT2D eigenvalue weighted by Gasteiger charge is 2.18. The van der Waals surface area contributed by atoms with Gasteiger partial charge in [-0.3, -0.25) is 4.79 Å². The van der Waals surface area contributed by atoms with Crippen molar-refractivity contribution in [2.24, 2.45) is 0 Å². The van der Waals surface area contributed by atoms with Crippen LogP contribution < -0.4 is 9.47 Å². The SMILES string of the molecule is COc1cc(Cn2cc(CC(=O)N3CCCCCC3)c3ccccc32)cc(OC)c1. The van der Waals surface area contributed by atoms with Gasteiger partial charge in [0.05, 0.1) is 20.6 Å². The largest absolute Gasteiger partial charge is 0.497 e. The zero-order valence-corrected chi connectivity index (χ0v) is 17.9. The maximum Gasteiger partial charge on any atom is 0.227 e. The molecule has 158 valence electrons. The molecular weight excluding hydrogens is 376 g/mol. The number of rotatable bonds is 6. The second-order valence-electron chi connectivity index (χ2n) is 7.99. The maximum atomic E-state index is 13.0. The van der Waals surface area contributed by atoms with Crippen molar-refractivity contribution in [3.63, 3.8) is 0 Å². The second kappa shape index (κ2) is 9.24. The van der Waals surface area contributed by atoms with E-state index in [9.17, 15) is 4.79 Å². The number of methoxy groups -OCH3 is 2. The average Bonchev–Trinajstić information content (AvgIpc) is 2.95. The van der Waals surface area contributed by atoms with E-state index in [-0.39, 0.29) is 5.91 Å². The summed E-state index contributed by atoms with van der Waals surface area (Å²) in [5, 5.41) is 1.15. The smallest absolute Gasteiger partial charge is 0.227 e. The van der Waals surface area contributed by atoms with E-state index >= 15 is 0 Å². The third kappa shape index (κ3) is 4.45. The van der Waals surface area contributed by atoms with Crippen LogP contribution in [-0.2, 0) is 17.8 Å². The minimum Gasteiger partial charge on any atom is -0.497 e. The molecule has 4 rings (SSSR count). The Morgan fingerprint density at radius 1 is 0.933 bits per heavy atom. The number of likely N-dealkylation sites (tertiary alicyclic amines) is 1. The Labute approximate surface area is 178 Å². The van der Waals surface area contributed by atoms with Crippen LogP contribution in [0.5, 0.6) is 11.5 Å². The normalized spacial score (nSPS) is 14.5. The standard InChI is InChI=1S/C25H30N2O3/c1-29-21-13-19(14-22(16-21)30-2)17-27-18-20(23-9-5-6-10-24(23)27)15-25(28)26-11-7-3-4-8-12-26/h5-6,9-10,13-14,16,18H,3-4,7-8,11-12,15,17H2,1-2H3. The minimum atomic E-state index is 0.239. The zero-order chi connectivity index (χ0) is 20.9. The molecule has 3 aromatic rings. The van der Waals surface area contributed by atoms with Gasteiger partial charge >= 0.3 is 0 Å². The van der Waals surface area contributed by atoms with E-state index in [1.165, 1.54) is 12.8 Å². The first kappa shape index (κ1) is 20.3. The minimum absolute atomic E-state index is 0.239. The lowest BCUT2D eigenvalue weighted by molar-refractivity contribution is -0.130. The van der Waals surface area contributed by atoms with Crippen molar-refractivity contribution in [3.05, 3.63) is 59.8 Å². The molecule has 30 heavy (non-hydrogen) atoms. The lowest BCUT2D eigenvalue weighted by Gasteiger charge is -2.20. The van der Waals surface area contributed by atoms with Crippen LogP contribution in [0.2, 0.25) is 0 Å². The van der Waals surface area contributed by atoms with Crippen LogP contribution in [0.25, 0.3) is 10.9 Å². The number of aromatic nitrogens is 1. The van der Waals surface area contributed by atoms with Crippen LogP contribution in [0.1, 0.15) is 36.8 Å². The molecule has 1 fully saturated rings. The fraction of sp³-hybridized carbons (Fsp3) is 0.400. The van der Waals surface area contributed by atoms with Crippen molar-refractivity contribution in [2.45, 2.75) is 38.6 Å². The molecular formula is C25H30N2O3. The number of amides is 1. The van der Waals surface area contributed by atoms with Crippen molar-refractivity contribution in [3.8, 4) is 11.5 Å². The number of para-hydroxylation sites is 1. The average molecular weight is 407 g/mol. The fourth-order valence-corrected chi connectivity index (χ4v) is 4.34. The van der Waals surface area contributed by atoms with E-state index in [1.54, 1.807) is 14.2 Å². The molecule has 0 unspecified atom stereocenters. The van der Waals surface area contributed by atoms with Gasteiger partial charge in [0.1, 0.15) is 11.5 Å². The summed E-state index contributed by atoms with van der Waals surface area (Å²) in [6.45, 7) is 2.47. The summed E-state index contributed by atoms with van der Waals surface area (Å²) >= 11 is 0. The number of carbonyl (C=O) groups is 1. The molecule has 1 amide bonds. The number of carbonyl (C=O) groups excluding carboxylic acids is 1. The van der Waals surface area contributed by atoms with Gasteiger partial charge in [0.2, 0.25) is 5.91 Å². The molecule has 1 aliphatic rings. The third-order valence-electron chi connectivity index (χ3n) is 5.94. The predicted octanol–water partition coefficient (Wildman–Crippen LogP) is 4.65. The lowest BCUT2D eigenvalue weighted by atomic mass is 10.1. The summed E-state index contributed by atoms with van der Waals surface area (Å²) in [6, 6.07) is 14.3. The molecule has 0 atom stereocenters. The Morgan fingerprint density at radius 3 is 2.27 bits per heavy atom. The number of ether oxygens (including phenoxy) is 2. The van der Waals surface area contributed by atoms with Gasteiger partial charge < -0.3 is 18.9 Å². The topological polar surface area (TPSA) is 43.7 Å². The van der Waals surface area contributed by atoms with Gasteiger partial charge in [-0.2, -0.15) is 0 Å². The molecule has 5 nitrogen and oxygen atoms in total. The lowest BCUT2D eigenvalue weighted by Crippen LogP contribution is -2.33. The van der Waals surface area contributed by atoms with Gasteiger partial charge in [0.15, 0.2) is 0 Å². The van der Waals surface area contributed by atoms with E-state index in [1.807, 2.05) is 35.2 Å². The molecule has 0 bridgehead atoms. The number of fused-ring (bicyclic) bond motifs is 1. The molecule has 1 aromatic heterocycles. The van der Waals surface area contributed by atoms with E-state index < -0.39 is 0 Å². The molecule has 2 heterocycles. The van der Waals surface area contributed by atoms with Crippen LogP contribution in [0.15, 0.2) is 48.7 Å². The van der Waals surface area contributed by atoms with Crippen LogP contribution in [0.4, 0.5) is 0 Å². The van der Waals surface area contributed by atoms with Gasteiger partial charge in [-0.15, -0.1) is 0 Å².